The number of carbonyl (C=O) groups excluding carboxylic acids is 1. The predicted molar refractivity (Wildman–Crippen MR) is 103 cm³/mol. The van der Waals surface area contributed by atoms with Crippen LogP contribution in [0.25, 0.3) is 0 Å². The Morgan fingerprint density at radius 1 is 1.28 bits per heavy atom. The number of rotatable bonds is 3. The van der Waals surface area contributed by atoms with E-state index in [4.69, 9.17) is 5.26 Å². The molecule has 1 N–H and O–H groups in total. The highest BCUT2D eigenvalue weighted by Crippen LogP contribution is 2.43. The Labute approximate surface area is 165 Å². The number of hydrogen-bond acceptors (Lipinski definition) is 5. The van der Waals surface area contributed by atoms with Gasteiger partial charge >= 0.3 is 6.18 Å². The molecule has 1 aromatic heterocycles. The number of halogens is 3. The van der Waals surface area contributed by atoms with Crippen LogP contribution in [0.1, 0.15) is 37.1 Å². The highest BCUT2D eigenvalue weighted by Gasteiger charge is 2.36. The smallest absolute Gasteiger partial charge is 0.372 e. The van der Waals surface area contributed by atoms with Gasteiger partial charge in [0.2, 0.25) is 5.91 Å². The Morgan fingerprint density at radius 3 is 2.62 bits per heavy atom. The monoisotopic (exact) mass is 401 g/mol. The molecule has 0 saturated heterocycles. The van der Waals surface area contributed by atoms with E-state index in [2.05, 4.69) is 15.3 Å². The number of hydrogen-bond donors (Lipinski definition) is 1. The molecule has 29 heavy (non-hydrogen) atoms. The lowest BCUT2D eigenvalue weighted by molar-refractivity contribution is -0.137. The number of anilines is 2. The van der Waals surface area contributed by atoms with Crippen LogP contribution in [-0.2, 0) is 11.0 Å². The molecule has 0 radical (unpaired) electrons. The molecule has 1 aliphatic heterocycles. The number of aliphatic imine (C=N–C) groups is 1. The minimum absolute atomic E-state index is 0.00667. The fraction of sp³-hybridized carbons (Fsp3) is 0.300. The van der Waals surface area contributed by atoms with Crippen molar-refractivity contribution in [3.63, 3.8) is 0 Å². The van der Waals surface area contributed by atoms with E-state index in [1.807, 2.05) is 6.07 Å². The van der Waals surface area contributed by atoms with Crippen molar-refractivity contribution in [3.8, 4) is 6.07 Å². The first-order valence-corrected chi connectivity index (χ1v) is 8.82. The van der Waals surface area contributed by atoms with Crippen molar-refractivity contribution in [2.75, 3.05) is 17.3 Å². The maximum atomic E-state index is 13.7. The summed E-state index contributed by atoms with van der Waals surface area (Å²) in [6, 6.07) is 7.07. The van der Waals surface area contributed by atoms with Crippen molar-refractivity contribution in [1.29, 1.82) is 5.26 Å². The average Bonchev–Trinajstić information content (AvgIpc) is 2.83. The van der Waals surface area contributed by atoms with Crippen LogP contribution >= 0.6 is 0 Å². The normalized spacial score (nSPS) is 13.9. The maximum Gasteiger partial charge on any atom is 0.418 e. The Morgan fingerprint density at radius 2 is 2.00 bits per heavy atom. The molecule has 6 nitrogen and oxygen atoms in total. The van der Waals surface area contributed by atoms with E-state index in [1.54, 1.807) is 27.0 Å². The van der Waals surface area contributed by atoms with E-state index in [-0.39, 0.29) is 35.2 Å². The van der Waals surface area contributed by atoms with Gasteiger partial charge in [-0.05, 0) is 38.1 Å². The van der Waals surface area contributed by atoms with Gasteiger partial charge in [-0.1, -0.05) is 0 Å². The number of pyridine rings is 1. The SMILES string of the molecule is CC(C)N(C)c1cc2c(cc1C(F)(F)F)NC(=O)CC(c1ccnc(C#N)c1)=N2. The third-order valence-electron chi connectivity index (χ3n) is 4.64. The Hall–Kier alpha value is -3.41. The number of fused-ring (bicyclic) bond motifs is 1. The van der Waals surface area contributed by atoms with Crippen molar-refractivity contribution in [3.05, 3.63) is 47.3 Å². The van der Waals surface area contributed by atoms with Gasteiger partial charge in [-0.15, -0.1) is 0 Å². The molecule has 2 aromatic rings. The molecule has 0 bridgehead atoms. The first-order valence-electron chi connectivity index (χ1n) is 8.82. The molecule has 0 fully saturated rings. The number of carbonyl (C=O) groups is 1. The molecular weight excluding hydrogens is 383 g/mol. The zero-order chi connectivity index (χ0) is 21.3. The van der Waals surface area contributed by atoms with E-state index in [0.717, 1.165) is 6.07 Å². The van der Waals surface area contributed by atoms with Crippen LogP contribution in [0, 0.1) is 11.3 Å². The lowest BCUT2D eigenvalue weighted by Gasteiger charge is -2.28. The van der Waals surface area contributed by atoms with Gasteiger partial charge in [0.1, 0.15) is 11.8 Å². The fourth-order valence-electron chi connectivity index (χ4n) is 2.94. The number of alkyl halides is 3. The Balaban J connectivity index is 2.21. The molecule has 150 valence electrons. The van der Waals surface area contributed by atoms with Gasteiger partial charge < -0.3 is 10.2 Å². The maximum absolute atomic E-state index is 13.7. The molecule has 0 atom stereocenters. The largest absolute Gasteiger partial charge is 0.418 e. The summed E-state index contributed by atoms with van der Waals surface area (Å²) in [5.41, 5.74) is 0.350. The highest BCUT2D eigenvalue weighted by atomic mass is 19.4. The molecule has 1 amide bonds. The first kappa shape index (κ1) is 20.3. The van der Waals surface area contributed by atoms with E-state index < -0.39 is 17.6 Å². The molecule has 0 aliphatic carbocycles. The van der Waals surface area contributed by atoms with Crippen molar-refractivity contribution >= 4 is 28.7 Å². The quantitative estimate of drug-likeness (QED) is 0.832. The molecule has 2 heterocycles. The van der Waals surface area contributed by atoms with Crippen LogP contribution in [0.4, 0.5) is 30.2 Å². The summed E-state index contributed by atoms with van der Waals surface area (Å²) in [4.78, 5) is 22.2. The number of aromatic nitrogens is 1. The minimum atomic E-state index is -4.59. The first-order chi connectivity index (χ1) is 13.6. The third kappa shape index (κ3) is 4.21. The molecule has 0 saturated carbocycles. The lowest BCUT2D eigenvalue weighted by Crippen LogP contribution is -2.28. The second-order valence-electron chi connectivity index (χ2n) is 6.91. The lowest BCUT2D eigenvalue weighted by atomic mass is 10.1. The number of benzene rings is 1. The highest BCUT2D eigenvalue weighted by molar-refractivity contribution is 6.17. The van der Waals surface area contributed by atoms with Crippen LogP contribution < -0.4 is 10.2 Å². The van der Waals surface area contributed by atoms with Crippen molar-refractivity contribution in [1.82, 2.24) is 4.98 Å². The van der Waals surface area contributed by atoms with E-state index in [9.17, 15) is 18.0 Å². The Bertz CT molecular complexity index is 1040. The van der Waals surface area contributed by atoms with Gasteiger partial charge in [-0.3, -0.25) is 9.79 Å². The molecule has 0 spiro atoms. The van der Waals surface area contributed by atoms with Gasteiger partial charge in [0.05, 0.1) is 34.8 Å². The second-order valence-corrected chi connectivity index (χ2v) is 6.91. The molecule has 1 aliphatic rings. The van der Waals surface area contributed by atoms with Crippen LogP contribution in [0.15, 0.2) is 35.5 Å². The topological polar surface area (TPSA) is 81.4 Å². The average molecular weight is 401 g/mol. The van der Waals surface area contributed by atoms with Crippen LogP contribution in [0.3, 0.4) is 0 Å². The summed E-state index contributed by atoms with van der Waals surface area (Å²) in [5.74, 6) is -0.490. The van der Waals surface area contributed by atoms with Gasteiger partial charge in [0, 0.05) is 24.8 Å². The van der Waals surface area contributed by atoms with Crippen molar-refractivity contribution in [2.45, 2.75) is 32.5 Å². The van der Waals surface area contributed by atoms with E-state index >= 15 is 0 Å². The molecule has 3 rings (SSSR count). The number of nitrogens with zero attached hydrogens (tertiary/aromatic N) is 4. The van der Waals surface area contributed by atoms with E-state index in [1.165, 1.54) is 23.2 Å². The van der Waals surface area contributed by atoms with Gasteiger partial charge in [0.15, 0.2) is 0 Å². The summed E-state index contributed by atoms with van der Waals surface area (Å²) in [5, 5.41) is 11.5. The van der Waals surface area contributed by atoms with Gasteiger partial charge in [-0.25, -0.2) is 4.98 Å². The molecule has 1 aromatic carbocycles. The summed E-state index contributed by atoms with van der Waals surface area (Å²) < 4.78 is 41.0. The van der Waals surface area contributed by atoms with Crippen LogP contribution in [0.2, 0.25) is 0 Å². The van der Waals surface area contributed by atoms with Gasteiger partial charge in [0.25, 0.3) is 0 Å². The molecule has 0 unspecified atom stereocenters. The summed E-state index contributed by atoms with van der Waals surface area (Å²) in [6.07, 6.45) is -3.31. The van der Waals surface area contributed by atoms with Crippen LogP contribution in [0.5, 0.6) is 0 Å². The zero-order valence-electron chi connectivity index (χ0n) is 16.0. The summed E-state index contributed by atoms with van der Waals surface area (Å²) in [7, 11) is 1.57. The minimum Gasteiger partial charge on any atom is -0.372 e. The molecule has 9 heteroatoms. The number of amides is 1. The standard InChI is InChI=1S/C20H18F3N5O/c1-11(2)28(3)18-8-17-16(7-14(18)20(21,22)23)27-19(29)9-15(26-17)12-4-5-25-13(6-12)10-24/h4-8,11H,9H2,1-3H3,(H,27,29). The summed E-state index contributed by atoms with van der Waals surface area (Å²) in [6.45, 7) is 3.56. The van der Waals surface area contributed by atoms with Gasteiger partial charge in [-0.2, -0.15) is 18.4 Å². The zero-order valence-corrected chi connectivity index (χ0v) is 16.0. The van der Waals surface area contributed by atoms with Crippen LogP contribution in [-0.4, -0.2) is 29.7 Å². The third-order valence-corrected chi connectivity index (χ3v) is 4.64. The second kappa shape index (κ2) is 7.54. The fourth-order valence-corrected chi connectivity index (χ4v) is 2.94. The van der Waals surface area contributed by atoms with Crippen molar-refractivity contribution < 1.29 is 18.0 Å². The Kier molecular flexibility index (Phi) is 5.29. The number of nitrogens with one attached hydrogen (secondary N) is 1. The molecular formula is C20H18F3N5O. The predicted octanol–water partition coefficient (Wildman–Crippen LogP) is 4.28. The summed E-state index contributed by atoms with van der Waals surface area (Å²) >= 11 is 0. The van der Waals surface area contributed by atoms with Crippen molar-refractivity contribution in [2.24, 2.45) is 4.99 Å². The number of nitriles is 1. The van der Waals surface area contributed by atoms with E-state index in [0.29, 0.717) is 11.3 Å².